The zero-order chi connectivity index (χ0) is 47.8. The molecule has 6 aliphatic carbocycles. The predicted molar refractivity (Wildman–Crippen MR) is 258 cm³/mol. The first-order valence-electron chi connectivity index (χ1n) is 26.3. The molecule has 1 aliphatic heterocycles. The topological polar surface area (TPSA) is 114 Å². The van der Waals surface area contributed by atoms with Crippen LogP contribution in [0.4, 0.5) is 4.79 Å². The first-order chi connectivity index (χ1) is 30.9. The van der Waals surface area contributed by atoms with Gasteiger partial charge in [-0.05, 0) is 169 Å². The summed E-state index contributed by atoms with van der Waals surface area (Å²) in [4.78, 5) is 59.6. The molecule has 0 aromatic heterocycles. The summed E-state index contributed by atoms with van der Waals surface area (Å²) in [5, 5.41) is 3.99. The lowest BCUT2D eigenvalue weighted by atomic mass is 9.41. The van der Waals surface area contributed by atoms with Gasteiger partial charge in [0.25, 0.3) is 0 Å². The number of benzene rings is 1. The minimum atomic E-state index is -0.547. The van der Waals surface area contributed by atoms with Crippen molar-refractivity contribution < 1.29 is 33.4 Å². The number of carbonyl (C=O) groups excluding carboxylic acids is 4. The fourth-order valence-corrected chi connectivity index (χ4v) is 16.2. The molecule has 12 atom stereocenters. The summed E-state index contributed by atoms with van der Waals surface area (Å²) in [6, 6.07) is 9.74. The molecule has 0 radical (unpaired) electrons. The molecule has 1 aromatic rings. The lowest BCUT2D eigenvalue weighted by Crippen LogP contribution is -2.74. The number of hydrogen-bond acceptors (Lipinski definition) is 8. The van der Waals surface area contributed by atoms with Crippen molar-refractivity contribution in [1.29, 1.82) is 0 Å². The van der Waals surface area contributed by atoms with Crippen LogP contribution in [0.3, 0.4) is 0 Å². The third-order valence-corrected chi connectivity index (χ3v) is 20.6. The monoisotopic (exact) mass is 914 g/mol. The first kappa shape index (κ1) is 49.3. The first-order valence-corrected chi connectivity index (χ1v) is 26.3. The summed E-state index contributed by atoms with van der Waals surface area (Å²) >= 11 is 0. The maximum Gasteiger partial charge on any atom is 0.410 e. The Morgan fingerprint density at radius 2 is 1.36 bits per heavy atom. The molecular weight excluding hydrogens is 827 g/mol. The highest BCUT2D eigenvalue weighted by Gasteiger charge is 2.69. The minimum Gasteiger partial charge on any atom is -0.461 e. The SMILES string of the molecule is CNC12CCC(C)C(CCC3C(C)CCC4(C(=O)N5CCN(C(=O)OC(C)(C)C)CC5)CCC(C5(C)CC5)C34)C1(C)CCC(OC(=O)C1CC(C(=O)OCc3ccccc3)C1(C)C)C2(C)C. The number of esters is 2. The number of fused-ring (bicyclic) bond motifs is 2. The standard InChI is InChI=1S/C56H87N3O7/c1-36-20-25-55(48(62)58-30-32-59(33-31-58)49(63)66-50(3,4)5)26-22-41(53(10)28-29-53)45(55)39(36)18-19-40-37(2)21-27-56(57-12)52(8,9)44(23-24-54(40,56)11)65-47(61)43-34-42(51(43,6)7)46(60)64-35-38-16-14-13-15-17-38/h13-17,36-37,39-45,57H,18-35H2,1-12H3. The van der Waals surface area contributed by atoms with Crippen molar-refractivity contribution in [2.45, 2.75) is 183 Å². The normalized spacial score (nSPS) is 38.8. The molecule has 0 spiro atoms. The van der Waals surface area contributed by atoms with Crippen LogP contribution >= 0.6 is 0 Å². The molecule has 10 heteroatoms. The van der Waals surface area contributed by atoms with Gasteiger partial charge in [-0.25, -0.2) is 4.79 Å². The summed E-state index contributed by atoms with van der Waals surface area (Å²) in [7, 11) is 2.15. The maximum absolute atomic E-state index is 15.2. The molecule has 1 saturated heterocycles. The van der Waals surface area contributed by atoms with E-state index >= 15 is 4.79 Å². The second-order valence-corrected chi connectivity index (χ2v) is 25.6. The third-order valence-electron chi connectivity index (χ3n) is 20.6. The van der Waals surface area contributed by atoms with Crippen LogP contribution < -0.4 is 5.32 Å². The Bertz CT molecular complexity index is 1970. The van der Waals surface area contributed by atoms with Gasteiger partial charge in [-0.2, -0.15) is 0 Å². The molecule has 1 heterocycles. The zero-order valence-corrected chi connectivity index (χ0v) is 43.1. The summed E-state index contributed by atoms with van der Waals surface area (Å²) < 4.78 is 18.1. The van der Waals surface area contributed by atoms with Gasteiger partial charge < -0.3 is 29.3 Å². The largest absolute Gasteiger partial charge is 0.461 e. The maximum atomic E-state index is 15.2. The lowest BCUT2D eigenvalue weighted by Gasteiger charge is -2.68. The summed E-state index contributed by atoms with van der Waals surface area (Å²) in [5.41, 5.74) is -0.722. The molecular formula is C56H87N3O7. The van der Waals surface area contributed by atoms with E-state index in [0.29, 0.717) is 79.4 Å². The molecule has 8 rings (SSSR count). The molecule has 1 N–H and O–H groups in total. The van der Waals surface area contributed by atoms with E-state index in [9.17, 15) is 14.4 Å². The number of piperazine rings is 1. The highest BCUT2D eigenvalue weighted by atomic mass is 16.6. The smallest absolute Gasteiger partial charge is 0.410 e. The van der Waals surface area contributed by atoms with Gasteiger partial charge >= 0.3 is 18.0 Å². The molecule has 6 saturated carbocycles. The number of ether oxygens (including phenoxy) is 3. The molecule has 368 valence electrons. The van der Waals surface area contributed by atoms with Crippen LogP contribution in [-0.2, 0) is 35.2 Å². The Kier molecular flexibility index (Phi) is 13.2. The van der Waals surface area contributed by atoms with Crippen LogP contribution in [0, 0.1) is 74.4 Å². The number of nitrogens with zero attached hydrogens (tertiary/aromatic N) is 2. The van der Waals surface area contributed by atoms with Gasteiger partial charge in [-0.15, -0.1) is 0 Å². The molecule has 1 aromatic carbocycles. The zero-order valence-electron chi connectivity index (χ0n) is 43.1. The van der Waals surface area contributed by atoms with E-state index in [1.165, 1.54) is 12.8 Å². The number of amides is 2. The average Bonchev–Trinajstić information content (AvgIpc) is 3.88. The molecule has 7 fully saturated rings. The summed E-state index contributed by atoms with van der Waals surface area (Å²) in [6.45, 7) is 26.9. The third kappa shape index (κ3) is 8.32. The molecule has 12 unspecified atom stereocenters. The fraction of sp³-hybridized carbons (Fsp3) is 0.821. The van der Waals surface area contributed by atoms with Crippen molar-refractivity contribution in [1.82, 2.24) is 15.1 Å². The Morgan fingerprint density at radius 1 is 0.742 bits per heavy atom. The Balaban J connectivity index is 0.962. The summed E-state index contributed by atoms with van der Waals surface area (Å²) in [6.07, 6.45) is 13.0. The molecule has 66 heavy (non-hydrogen) atoms. The molecule has 10 nitrogen and oxygen atoms in total. The van der Waals surface area contributed by atoms with Gasteiger partial charge in [-0.1, -0.05) is 85.7 Å². The van der Waals surface area contributed by atoms with Crippen molar-refractivity contribution in [3.8, 4) is 0 Å². The van der Waals surface area contributed by atoms with Crippen LogP contribution in [0.1, 0.15) is 165 Å². The van der Waals surface area contributed by atoms with Gasteiger partial charge in [-0.3, -0.25) is 14.4 Å². The number of rotatable bonds is 11. The Morgan fingerprint density at radius 3 is 1.98 bits per heavy atom. The molecule has 2 amide bonds. The Hall–Kier alpha value is -3.14. The lowest BCUT2D eigenvalue weighted by molar-refractivity contribution is -0.212. The fourth-order valence-electron chi connectivity index (χ4n) is 16.2. The van der Waals surface area contributed by atoms with Gasteiger partial charge in [0.2, 0.25) is 5.91 Å². The van der Waals surface area contributed by atoms with E-state index in [1.54, 1.807) is 4.90 Å². The van der Waals surface area contributed by atoms with Gasteiger partial charge in [0.1, 0.15) is 18.3 Å². The highest BCUT2D eigenvalue weighted by Crippen LogP contribution is 2.70. The number of hydrogen-bond donors (Lipinski definition) is 1. The quantitative estimate of drug-likeness (QED) is 0.172. The average molecular weight is 914 g/mol. The number of carbonyl (C=O) groups is 4. The second kappa shape index (κ2) is 17.7. The van der Waals surface area contributed by atoms with Crippen LogP contribution in [0.5, 0.6) is 0 Å². The minimum absolute atomic E-state index is 0.0225. The molecule has 7 aliphatic rings. The van der Waals surface area contributed by atoms with E-state index in [2.05, 4.69) is 58.8 Å². The molecule has 0 bridgehead atoms. The van der Waals surface area contributed by atoms with Crippen LogP contribution in [0.2, 0.25) is 0 Å². The van der Waals surface area contributed by atoms with Crippen molar-refractivity contribution >= 4 is 23.9 Å². The summed E-state index contributed by atoms with van der Waals surface area (Å²) in [5.74, 6) is 2.34. The van der Waals surface area contributed by atoms with E-state index in [1.807, 2.05) is 65.0 Å². The predicted octanol–water partition coefficient (Wildman–Crippen LogP) is 10.9. The van der Waals surface area contributed by atoms with Crippen molar-refractivity contribution in [3.05, 3.63) is 35.9 Å². The highest BCUT2D eigenvalue weighted by molar-refractivity contribution is 5.84. The van der Waals surface area contributed by atoms with Gasteiger partial charge in [0, 0.05) is 37.1 Å². The van der Waals surface area contributed by atoms with E-state index in [0.717, 1.165) is 69.8 Å². The van der Waals surface area contributed by atoms with Crippen molar-refractivity contribution in [2.75, 3.05) is 33.2 Å². The number of nitrogens with one attached hydrogen (secondary N) is 1. The van der Waals surface area contributed by atoms with Gasteiger partial charge in [0.05, 0.1) is 17.3 Å². The van der Waals surface area contributed by atoms with Crippen LogP contribution in [-0.4, -0.2) is 84.2 Å². The van der Waals surface area contributed by atoms with Crippen molar-refractivity contribution in [2.24, 2.45) is 74.4 Å². The Labute approximate surface area is 398 Å². The van der Waals surface area contributed by atoms with Crippen LogP contribution in [0.25, 0.3) is 0 Å². The van der Waals surface area contributed by atoms with Crippen molar-refractivity contribution in [3.63, 3.8) is 0 Å². The van der Waals surface area contributed by atoms with E-state index in [-0.39, 0.29) is 64.4 Å². The van der Waals surface area contributed by atoms with E-state index < -0.39 is 11.0 Å². The second-order valence-electron chi connectivity index (χ2n) is 25.6. The van der Waals surface area contributed by atoms with Crippen LogP contribution in [0.15, 0.2) is 30.3 Å². The van der Waals surface area contributed by atoms with Gasteiger partial charge in [0.15, 0.2) is 0 Å². The van der Waals surface area contributed by atoms with E-state index in [4.69, 9.17) is 14.2 Å².